The number of nitrogens with one attached hydrogen (secondary N) is 1. The Bertz CT molecular complexity index is 279. The van der Waals surface area contributed by atoms with Gasteiger partial charge in [-0.05, 0) is 51.5 Å². The predicted octanol–water partition coefficient (Wildman–Crippen LogP) is 2.02. The van der Waals surface area contributed by atoms with Gasteiger partial charge >= 0.3 is 0 Å². The Kier molecular flexibility index (Phi) is 4.08. The highest BCUT2D eigenvalue weighted by atomic mass is 16.2. The zero-order chi connectivity index (χ0) is 12.4. The van der Waals surface area contributed by atoms with Crippen LogP contribution in [0.15, 0.2) is 0 Å². The molecule has 1 aliphatic heterocycles. The molecule has 17 heavy (non-hydrogen) atoms. The minimum Gasteiger partial charge on any atom is -0.339 e. The summed E-state index contributed by atoms with van der Waals surface area (Å²) in [5, 5.41) is 3.46. The number of carbonyl (C=O) groups excluding carboxylic acids is 1. The van der Waals surface area contributed by atoms with Crippen LogP contribution in [0, 0.1) is 11.8 Å². The summed E-state index contributed by atoms with van der Waals surface area (Å²) in [5.74, 6) is 1.72. The van der Waals surface area contributed by atoms with E-state index in [9.17, 15) is 4.79 Å². The van der Waals surface area contributed by atoms with Crippen LogP contribution in [-0.4, -0.2) is 36.0 Å². The molecule has 1 saturated carbocycles. The van der Waals surface area contributed by atoms with Crippen LogP contribution < -0.4 is 5.32 Å². The quantitative estimate of drug-likeness (QED) is 0.812. The highest BCUT2D eigenvalue weighted by Crippen LogP contribution is 2.38. The molecule has 98 valence electrons. The number of hydrogen-bond donors (Lipinski definition) is 1. The molecule has 3 heteroatoms. The van der Waals surface area contributed by atoms with E-state index in [-0.39, 0.29) is 6.04 Å². The molecule has 0 aromatic carbocycles. The average molecular weight is 238 g/mol. The molecule has 0 aromatic heterocycles. The van der Waals surface area contributed by atoms with Crippen molar-refractivity contribution >= 4 is 5.91 Å². The third kappa shape index (κ3) is 2.35. The molecule has 3 nitrogen and oxygen atoms in total. The molecule has 0 spiro atoms. The molecule has 2 rings (SSSR count). The number of carbonyl (C=O) groups is 1. The summed E-state index contributed by atoms with van der Waals surface area (Å²) in [7, 11) is 0. The minimum atomic E-state index is 0.108. The number of fused-ring (bicyclic) bond motifs is 1. The van der Waals surface area contributed by atoms with Gasteiger partial charge in [-0.3, -0.25) is 4.79 Å². The van der Waals surface area contributed by atoms with Gasteiger partial charge in [0.15, 0.2) is 0 Å². The zero-order valence-corrected chi connectivity index (χ0v) is 11.4. The first-order valence-electron chi connectivity index (χ1n) is 7.22. The second-order valence-corrected chi connectivity index (χ2v) is 5.62. The third-order valence-electron chi connectivity index (χ3n) is 4.76. The average Bonchev–Trinajstić information content (AvgIpc) is 2.90. The van der Waals surface area contributed by atoms with E-state index in [1.54, 1.807) is 0 Å². The fourth-order valence-electron chi connectivity index (χ4n) is 3.54. The van der Waals surface area contributed by atoms with Crippen LogP contribution in [0.4, 0.5) is 0 Å². The molecule has 4 unspecified atom stereocenters. The topological polar surface area (TPSA) is 32.3 Å². The van der Waals surface area contributed by atoms with Crippen molar-refractivity contribution in [2.45, 2.75) is 58.5 Å². The molecule has 0 aromatic rings. The van der Waals surface area contributed by atoms with Crippen molar-refractivity contribution in [3.63, 3.8) is 0 Å². The molecule has 1 amide bonds. The van der Waals surface area contributed by atoms with Gasteiger partial charge in [0.1, 0.15) is 0 Å². The van der Waals surface area contributed by atoms with Crippen LogP contribution in [0.25, 0.3) is 0 Å². The van der Waals surface area contributed by atoms with E-state index in [4.69, 9.17) is 0 Å². The Morgan fingerprint density at radius 1 is 1.41 bits per heavy atom. The molecule has 1 saturated heterocycles. The lowest BCUT2D eigenvalue weighted by atomic mass is 9.93. The van der Waals surface area contributed by atoms with E-state index in [0.29, 0.717) is 17.9 Å². The monoisotopic (exact) mass is 238 g/mol. The van der Waals surface area contributed by atoms with Crippen molar-refractivity contribution < 1.29 is 4.79 Å². The Morgan fingerprint density at radius 3 is 2.82 bits per heavy atom. The molecule has 2 fully saturated rings. The Morgan fingerprint density at radius 2 is 2.18 bits per heavy atom. The lowest BCUT2D eigenvalue weighted by Gasteiger charge is -2.31. The maximum atomic E-state index is 12.6. The highest BCUT2D eigenvalue weighted by molar-refractivity contribution is 5.83. The van der Waals surface area contributed by atoms with Crippen LogP contribution in [0.2, 0.25) is 0 Å². The van der Waals surface area contributed by atoms with Gasteiger partial charge in [-0.25, -0.2) is 0 Å². The molecule has 2 aliphatic rings. The maximum absolute atomic E-state index is 12.6. The van der Waals surface area contributed by atoms with E-state index in [1.165, 1.54) is 19.3 Å². The predicted molar refractivity (Wildman–Crippen MR) is 69.8 cm³/mol. The van der Waals surface area contributed by atoms with E-state index < -0.39 is 0 Å². The van der Waals surface area contributed by atoms with Crippen LogP contribution >= 0.6 is 0 Å². The van der Waals surface area contributed by atoms with Gasteiger partial charge in [0.2, 0.25) is 5.91 Å². The van der Waals surface area contributed by atoms with Crippen molar-refractivity contribution in [2.24, 2.45) is 11.8 Å². The fraction of sp³-hybridized carbons (Fsp3) is 0.929. The molecule has 1 N–H and O–H groups in total. The van der Waals surface area contributed by atoms with E-state index in [0.717, 1.165) is 25.4 Å². The summed E-state index contributed by atoms with van der Waals surface area (Å²) in [5.41, 5.74) is 0. The molecule has 1 heterocycles. The van der Waals surface area contributed by atoms with Gasteiger partial charge in [0.25, 0.3) is 0 Å². The van der Waals surface area contributed by atoms with E-state index >= 15 is 0 Å². The first kappa shape index (κ1) is 12.9. The minimum absolute atomic E-state index is 0.108. The molecule has 4 atom stereocenters. The summed E-state index contributed by atoms with van der Waals surface area (Å²) in [6.07, 6.45) is 4.92. The fourth-order valence-corrected chi connectivity index (χ4v) is 3.54. The highest BCUT2D eigenvalue weighted by Gasteiger charge is 2.43. The van der Waals surface area contributed by atoms with Crippen LogP contribution in [0.1, 0.15) is 46.5 Å². The molecular weight excluding hydrogens is 212 g/mol. The second kappa shape index (κ2) is 5.38. The first-order chi connectivity index (χ1) is 8.19. The first-order valence-corrected chi connectivity index (χ1v) is 7.22. The number of likely N-dealkylation sites (N-methyl/N-ethyl adjacent to an activating group) is 1. The van der Waals surface area contributed by atoms with Crippen LogP contribution in [0.3, 0.4) is 0 Å². The van der Waals surface area contributed by atoms with Gasteiger partial charge in [-0.2, -0.15) is 0 Å². The van der Waals surface area contributed by atoms with Crippen molar-refractivity contribution in [3.05, 3.63) is 0 Å². The molecule has 0 bridgehead atoms. The molecule has 0 radical (unpaired) electrons. The third-order valence-corrected chi connectivity index (χ3v) is 4.76. The summed E-state index contributed by atoms with van der Waals surface area (Å²) < 4.78 is 0. The van der Waals surface area contributed by atoms with Crippen molar-refractivity contribution in [1.29, 1.82) is 0 Å². The van der Waals surface area contributed by atoms with Crippen molar-refractivity contribution in [2.75, 3.05) is 13.1 Å². The summed E-state index contributed by atoms with van der Waals surface area (Å²) in [6, 6.07) is 0.478. The Balaban J connectivity index is 2.03. The smallest absolute Gasteiger partial charge is 0.240 e. The number of hydrogen-bond acceptors (Lipinski definition) is 2. The lowest BCUT2D eigenvalue weighted by Crippen LogP contribution is -2.49. The van der Waals surface area contributed by atoms with E-state index in [1.807, 2.05) is 0 Å². The molecular formula is C14H26N2O. The van der Waals surface area contributed by atoms with Crippen LogP contribution in [0.5, 0.6) is 0 Å². The van der Waals surface area contributed by atoms with Gasteiger partial charge in [-0.15, -0.1) is 0 Å². The summed E-state index contributed by atoms with van der Waals surface area (Å²) >= 11 is 0. The van der Waals surface area contributed by atoms with Crippen LogP contribution in [-0.2, 0) is 4.79 Å². The van der Waals surface area contributed by atoms with Gasteiger partial charge in [-0.1, -0.05) is 13.3 Å². The van der Waals surface area contributed by atoms with Crippen molar-refractivity contribution in [1.82, 2.24) is 10.2 Å². The Hall–Kier alpha value is -0.570. The number of amides is 1. The normalized spacial score (nSPS) is 33.5. The van der Waals surface area contributed by atoms with Crippen molar-refractivity contribution in [3.8, 4) is 0 Å². The number of nitrogens with zero attached hydrogens (tertiary/aromatic N) is 1. The lowest BCUT2D eigenvalue weighted by molar-refractivity contribution is -0.136. The summed E-state index contributed by atoms with van der Waals surface area (Å²) in [6.45, 7) is 8.29. The number of rotatable bonds is 4. The SMILES string of the molecule is CCC(C)N(CC)C(=O)C1NCC2CCCC21. The van der Waals surface area contributed by atoms with Gasteiger partial charge in [0, 0.05) is 12.6 Å². The van der Waals surface area contributed by atoms with Gasteiger partial charge < -0.3 is 10.2 Å². The zero-order valence-electron chi connectivity index (χ0n) is 11.4. The largest absolute Gasteiger partial charge is 0.339 e. The Labute approximate surface area is 105 Å². The second-order valence-electron chi connectivity index (χ2n) is 5.62. The molecule has 1 aliphatic carbocycles. The van der Waals surface area contributed by atoms with Gasteiger partial charge in [0.05, 0.1) is 6.04 Å². The van der Waals surface area contributed by atoms with E-state index in [2.05, 4.69) is 31.0 Å². The maximum Gasteiger partial charge on any atom is 0.240 e. The summed E-state index contributed by atoms with van der Waals surface area (Å²) in [4.78, 5) is 14.6. The standard InChI is InChI=1S/C14H26N2O/c1-4-10(3)16(5-2)14(17)13-12-8-6-7-11(12)9-15-13/h10-13,15H,4-9H2,1-3H3.